The maximum absolute atomic E-state index is 12.1. The minimum absolute atomic E-state index is 0.186. The van der Waals surface area contributed by atoms with Gasteiger partial charge in [0.1, 0.15) is 0 Å². The van der Waals surface area contributed by atoms with Gasteiger partial charge in [0.15, 0.2) is 0 Å². The van der Waals surface area contributed by atoms with Gasteiger partial charge in [0.25, 0.3) is 0 Å². The fourth-order valence-corrected chi connectivity index (χ4v) is 3.91. The molecule has 0 radical (unpaired) electrons. The number of likely N-dealkylation sites (N-methyl/N-ethyl adjacent to an activating group) is 1. The first-order valence-corrected chi connectivity index (χ1v) is 11.2. The molecule has 29 heavy (non-hydrogen) atoms. The highest BCUT2D eigenvalue weighted by atomic mass is 32.2. The number of amides is 1. The molecule has 156 valence electrons. The average Bonchev–Trinajstić information content (AvgIpc) is 2.70. The molecule has 0 atom stereocenters. The summed E-state index contributed by atoms with van der Waals surface area (Å²) in [5, 5.41) is 2.88. The van der Waals surface area contributed by atoms with Crippen LogP contribution in [0.3, 0.4) is 0 Å². The summed E-state index contributed by atoms with van der Waals surface area (Å²) >= 11 is 0. The van der Waals surface area contributed by atoms with Crippen molar-refractivity contribution in [2.45, 2.75) is 25.7 Å². The van der Waals surface area contributed by atoms with E-state index in [0.717, 1.165) is 24.3 Å². The largest absolute Gasteiger partial charge is 0.370 e. The average molecular weight is 416 g/mol. The van der Waals surface area contributed by atoms with Crippen molar-refractivity contribution < 1.29 is 13.2 Å². The van der Waals surface area contributed by atoms with Crippen LogP contribution in [0.25, 0.3) is 6.08 Å². The van der Waals surface area contributed by atoms with Crippen molar-refractivity contribution in [2.24, 2.45) is 0 Å². The van der Waals surface area contributed by atoms with Gasteiger partial charge in [-0.15, -0.1) is 0 Å². The van der Waals surface area contributed by atoms with Gasteiger partial charge in [0.05, 0.1) is 4.90 Å². The van der Waals surface area contributed by atoms with Gasteiger partial charge in [-0.1, -0.05) is 31.2 Å². The normalized spacial score (nSPS) is 11.6. The van der Waals surface area contributed by atoms with Crippen LogP contribution in [0.4, 0.5) is 5.69 Å². The summed E-state index contributed by atoms with van der Waals surface area (Å²) in [5.74, 6) is -0.186. The second kappa shape index (κ2) is 10.8. The summed E-state index contributed by atoms with van der Waals surface area (Å²) in [6.45, 7) is 8.33. The number of sulfonamides is 1. The minimum Gasteiger partial charge on any atom is -0.370 e. The lowest BCUT2D eigenvalue weighted by Gasteiger charge is -2.23. The molecule has 2 aromatic carbocycles. The van der Waals surface area contributed by atoms with E-state index < -0.39 is 10.0 Å². The molecular weight excluding hydrogens is 386 g/mol. The molecule has 0 saturated carbocycles. The van der Waals surface area contributed by atoms with Gasteiger partial charge < -0.3 is 10.2 Å². The van der Waals surface area contributed by atoms with Crippen LogP contribution in [0.2, 0.25) is 0 Å². The third-order valence-electron chi connectivity index (χ3n) is 4.38. The molecule has 0 heterocycles. The maximum atomic E-state index is 12.1. The minimum atomic E-state index is -3.46. The van der Waals surface area contributed by atoms with E-state index in [-0.39, 0.29) is 10.8 Å². The number of nitrogens with zero attached hydrogens (tertiary/aromatic N) is 1. The van der Waals surface area contributed by atoms with Crippen molar-refractivity contribution in [3.05, 3.63) is 65.7 Å². The highest BCUT2D eigenvalue weighted by molar-refractivity contribution is 7.89. The maximum Gasteiger partial charge on any atom is 0.244 e. The zero-order valence-corrected chi connectivity index (χ0v) is 18.0. The number of carbonyl (C=O) groups is 1. The molecule has 0 fully saturated rings. The summed E-state index contributed by atoms with van der Waals surface area (Å²) in [6, 6.07) is 14.7. The predicted molar refractivity (Wildman–Crippen MR) is 118 cm³/mol. The molecule has 0 saturated heterocycles. The first-order chi connectivity index (χ1) is 13.9. The van der Waals surface area contributed by atoms with Gasteiger partial charge >= 0.3 is 0 Å². The Balaban J connectivity index is 1.86. The van der Waals surface area contributed by atoms with Gasteiger partial charge in [0.2, 0.25) is 15.9 Å². The summed E-state index contributed by atoms with van der Waals surface area (Å²) in [6.07, 6.45) is 3.12. The van der Waals surface area contributed by atoms with Crippen molar-refractivity contribution in [2.75, 3.05) is 31.1 Å². The molecule has 0 aromatic heterocycles. The van der Waals surface area contributed by atoms with Gasteiger partial charge in [-0.25, -0.2) is 13.1 Å². The third kappa shape index (κ3) is 7.03. The number of aryl methyl sites for hydroxylation is 1. The Labute approximate surface area is 173 Å². The number of anilines is 1. The van der Waals surface area contributed by atoms with Crippen LogP contribution >= 0.6 is 0 Å². The molecule has 0 aliphatic heterocycles. The highest BCUT2D eigenvalue weighted by Crippen LogP contribution is 2.15. The molecule has 0 bridgehead atoms. The van der Waals surface area contributed by atoms with E-state index in [9.17, 15) is 13.2 Å². The van der Waals surface area contributed by atoms with Gasteiger partial charge in [0, 0.05) is 37.9 Å². The second-order valence-corrected chi connectivity index (χ2v) is 8.38. The number of benzene rings is 2. The summed E-state index contributed by atoms with van der Waals surface area (Å²) in [7, 11) is -3.46. The van der Waals surface area contributed by atoms with Crippen LogP contribution in [0.1, 0.15) is 25.0 Å². The molecule has 7 heteroatoms. The van der Waals surface area contributed by atoms with Crippen LogP contribution in [0, 0.1) is 6.92 Å². The monoisotopic (exact) mass is 415 g/mol. The Morgan fingerprint density at radius 2 is 1.83 bits per heavy atom. The Hall–Kier alpha value is -2.64. The number of hydrogen-bond acceptors (Lipinski definition) is 4. The van der Waals surface area contributed by atoms with Crippen molar-refractivity contribution >= 4 is 27.7 Å². The van der Waals surface area contributed by atoms with Crippen molar-refractivity contribution in [3.63, 3.8) is 0 Å². The summed E-state index contributed by atoms with van der Waals surface area (Å²) in [4.78, 5) is 14.5. The van der Waals surface area contributed by atoms with E-state index in [0.29, 0.717) is 13.1 Å². The van der Waals surface area contributed by atoms with Crippen molar-refractivity contribution in [1.82, 2.24) is 10.0 Å². The molecule has 0 aliphatic carbocycles. The summed E-state index contributed by atoms with van der Waals surface area (Å²) in [5.41, 5.74) is 3.10. The number of rotatable bonds is 10. The standard InChI is InChI=1S/C22H29N3O3S/c1-4-24-29(27,28)21-12-9-19(10-13-21)11-14-22(26)23-15-16-25(5-2)20-8-6-7-18(3)17-20/h6-14,17,24H,4-5,15-16H2,1-3H3,(H,23,26)/b14-11+. The lowest BCUT2D eigenvalue weighted by molar-refractivity contribution is -0.116. The Morgan fingerprint density at radius 1 is 1.10 bits per heavy atom. The quantitative estimate of drug-likeness (QED) is 0.585. The highest BCUT2D eigenvalue weighted by Gasteiger charge is 2.11. The molecule has 0 aliphatic rings. The number of carbonyl (C=O) groups excluding carboxylic acids is 1. The fraction of sp³-hybridized carbons (Fsp3) is 0.318. The van der Waals surface area contributed by atoms with Crippen molar-refractivity contribution in [1.29, 1.82) is 0 Å². The van der Waals surface area contributed by atoms with E-state index in [4.69, 9.17) is 0 Å². The van der Waals surface area contributed by atoms with E-state index in [1.165, 1.54) is 23.8 Å². The Bertz CT molecular complexity index is 938. The van der Waals surface area contributed by atoms with Crippen LogP contribution < -0.4 is 14.9 Å². The lowest BCUT2D eigenvalue weighted by atomic mass is 10.2. The number of nitrogens with one attached hydrogen (secondary N) is 2. The van der Waals surface area contributed by atoms with E-state index >= 15 is 0 Å². The third-order valence-corrected chi connectivity index (χ3v) is 5.94. The van der Waals surface area contributed by atoms with Crippen LogP contribution in [0.15, 0.2) is 59.5 Å². The summed E-state index contributed by atoms with van der Waals surface area (Å²) < 4.78 is 26.3. The van der Waals surface area contributed by atoms with Gasteiger partial charge in [-0.05, 0) is 55.3 Å². The zero-order chi connectivity index (χ0) is 21.3. The van der Waals surface area contributed by atoms with E-state index in [1.54, 1.807) is 25.1 Å². The van der Waals surface area contributed by atoms with Crippen LogP contribution in [-0.2, 0) is 14.8 Å². The lowest BCUT2D eigenvalue weighted by Crippen LogP contribution is -2.34. The molecular formula is C22H29N3O3S. The Kier molecular flexibility index (Phi) is 8.42. The molecule has 0 unspecified atom stereocenters. The topological polar surface area (TPSA) is 78.5 Å². The molecule has 1 amide bonds. The predicted octanol–water partition coefficient (Wildman–Crippen LogP) is 2.95. The molecule has 6 nitrogen and oxygen atoms in total. The zero-order valence-electron chi connectivity index (χ0n) is 17.2. The second-order valence-electron chi connectivity index (χ2n) is 6.61. The van der Waals surface area contributed by atoms with Gasteiger partial charge in [-0.2, -0.15) is 0 Å². The first kappa shape index (κ1) is 22.6. The molecule has 2 rings (SSSR count). The van der Waals surface area contributed by atoms with E-state index in [2.05, 4.69) is 47.0 Å². The van der Waals surface area contributed by atoms with Gasteiger partial charge in [-0.3, -0.25) is 4.79 Å². The van der Waals surface area contributed by atoms with E-state index in [1.807, 2.05) is 6.07 Å². The van der Waals surface area contributed by atoms with Crippen LogP contribution in [-0.4, -0.2) is 40.5 Å². The molecule has 2 N–H and O–H groups in total. The molecule has 0 spiro atoms. The molecule has 2 aromatic rings. The Morgan fingerprint density at radius 3 is 2.45 bits per heavy atom. The van der Waals surface area contributed by atoms with Crippen LogP contribution in [0.5, 0.6) is 0 Å². The first-order valence-electron chi connectivity index (χ1n) is 9.73. The number of hydrogen-bond donors (Lipinski definition) is 2. The SMILES string of the molecule is CCNS(=O)(=O)c1ccc(/C=C/C(=O)NCCN(CC)c2cccc(C)c2)cc1. The van der Waals surface area contributed by atoms with Crippen molar-refractivity contribution in [3.8, 4) is 0 Å². The fourth-order valence-electron chi connectivity index (χ4n) is 2.87. The smallest absolute Gasteiger partial charge is 0.244 e.